The van der Waals surface area contributed by atoms with Crippen LogP contribution in [0.5, 0.6) is 5.75 Å². The Balaban J connectivity index is 2.04. The van der Waals surface area contributed by atoms with Gasteiger partial charge in [-0.25, -0.2) is 9.59 Å². The maximum Gasteiger partial charge on any atom is 0.349 e. The first kappa shape index (κ1) is 26.2. The van der Waals surface area contributed by atoms with E-state index in [0.29, 0.717) is 14.9 Å². The van der Waals surface area contributed by atoms with Gasteiger partial charge < -0.3 is 19.8 Å². The number of aromatic carboxylic acids is 1. The Labute approximate surface area is 211 Å². The number of anilines is 1. The van der Waals surface area contributed by atoms with Gasteiger partial charge in [0.2, 0.25) is 5.91 Å². The molecule has 1 aromatic heterocycles. The van der Waals surface area contributed by atoms with Gasteiger partial charge >= 0.3 is 11.9 Å². The van der Waals surface area contributed by atoms with Crippen LogP contribution in [0.2, 0.25) is 0 Å². The fourth-order valence-corrected chi connectivity index (χ4v) is 7.29. The molecule has 1 heterocycles. The van der Waals surface area contributed by atoms with Crippen molar-refractivity contribution in [2.24, 2.45) is 10.8 Å². The number of halogens is 1. The standard InChI is InChI=1S/C25H30BrNO6S/c1-14(28)27(17-10-24(2,3)13-25(4,5)11-17)16-8-6-7-15(9-16)21-19(26)20(33-12-18(29)30)22(34-21)23(31)32/h6-9,17H,10-13H2,1-5H3,(H,29,30)(H,31,32). The summed E-state index contributed by atoms with van der Waals surface area (Å²) in [6, 6.07) is 7.48. The van der Waals surface area contributed by atoms with Crippen molar-refractivity contribution in [3.8, 4) is 16.2 Å². The van der Waals surface area contributed by atoms with Crippen molar-refractivity contribution >= 4 is 50.8 Å². The average molecular weight is 552 g/mol. The second kappa shape index (κ2) is 9.70. The van der Waals surface area contributed by atoms with E-state index in [1.807, 2.05) is 29.2 Å². The number of carboxylic acid groups (broad SMARTS) is 2. The first-order valence-corrected chi connectivity index (χ1v) is 12.6. The Morgan fingerprint density at radius 1 is 1.15 bits per heavy atom. The van der Waals surface area contributed by atoms with Gasteiger partial charge in [0.15, 0.2) is 17.2 Å². The Hall–Kier alpha value is -2.39. The summed E-state index contributed by atoms with van der Waals surface area (Å²) < 4.78 is 5.65. The van der Waals surface area contributed by atoms with Crippen molar-refractivity contribution < 1.29 is 29.3 Å². The van der Waals surface area contributed by atoms with Gasteiger partial charge in [-0.3, -0.25) is 4.79 Å². The van der Waals surface area contributed by atoms with Crippen LogP contribution in [0.3, 0.4) is 0 Å². The molecule has 0 spiro atoms. The van der Waals surface area contributed by atoms with Gasteiger partial charge in [-0.1, -0.05) is 39.8 Å². The smallest absolute Gasteiger partial charge is 0.349 e. The van der Waals surface area contributed by atoms with E-state index in [9.17, 15) is 19.5 Å². The summed E-state index contributed by atoms with van der Waals surface area (Å²) in [6.07, 6.45) is 2.86. The van der Waals surface area contributed by atoms with Gasteiger partial charge in [0, 0.05) is 18.7 Å². The van der Waals surface area contributed by atoms with E-state index in [4.69, 9.17) is 9.84 Å². The summed E-state index contributed by atoms with van der Waals surface area (Å²) in [7, 11) is 0. The maximum atomic E-state index is 12.8. The molecule has 2 aromatic rings. The van der Waals surface area contributed by atoms with Crippen molar-refractivity contribution in [1.82, 2.24) is 0 Å². The van der Waals surface area contributed by atoms with Crippen molar-refractivity contribution in [3.05, 3.63) is 33.6 Å². The lowest BCUT2D eigenvalue weighted by atomic mass is 9.63. The van der Waals surface area contributed by atoms with E-state index >= 15 is 0 Å². The Kier molecular flexibility index (Phi) is 7.48. The number of amides is 1. The Morgan fingerprint density at radius 2 is 1.76 bits per heavy atom. The minimum Gasteiger partial charge on any atom is -0.479 e. The molecule has 0 bridgehead atoms. The van der Waals surface area contributed by atoms with E-state index in [0.717, 1.165) is 36.3 Å². The summed E-state index contributed by atoms with van der Waals surface area (Å²) in [5.74, 6) is -2.46. The first-order valence-electron chi connectivity index (χ1n) is 11.0. The molecule has 7 nitrogen and oxygen atoms in total. The number of hydrogen-bond donors (Lipinski definition) is 2. The molecule has 9 heteroatoms. The van der Waals surface area contributed by atoms with Gasteiger partial charge in [0.05, 0.1) is 9.35 Å². The number of thiophene rings is 1. The third-order valence-corrected chi connectivity index (χ3v) is 8.19. The summed E-state index contributed by atoms with van der Waals surface area (Å²) in [4.78, 5) is 37.9. The SMILES string of the molecule is CC(=O)N(c1cccc(-c2sc(C(=O)O)c(OCC(=O)O)c2Br)c1)C1CC(C)(C)CC(C)(C)C1. The minimum atomic E-state index is -1.20. The second-order valence-corrected chi connectivity index (χ2v) is 12.2. The zero-order chi connectivity index (χ0) is 25.4. The molecule has 0 saturated heterocycles. The molecule has 184 valence electrons. The zero-order valence-electron chi connectivity index (χ0n) is 20.0. The molecule has 0 unspecified atom stereocenters. The van der Waals surface area contributed by atoms with E-state index in [1.54, 1.807) is 6.92 Å². The largest absolute Gasteiger partial charge is 0.479 e. The third-order valence-electron chi connectivity index (χ3n) is 5.97. The van der Waals surface area contributed by atoms with Crippen LogP contribution in [0, 0.1) is 10.8 Å². The second-order valence-electron chi connectivity index (χ2n) is 10.4. The summed E-state index contributed by atoms with van der Waals surface area (Å²) in [6.45, 7) is 9.88. The number of ether oxygens (including phenoxy) is 1. The lowest BCUT2D eigenvalue weighted by Crippen LogP contribution is -2.48. The highest BCUT2D eigenvalue weighted by atomic mass is 79.9. The van der Waals surface area contributed by atoms with Gasteiger partial charge in [-0.15, -0.1) is 11.3 Å². The summed E-state index contributed by atoms with van der Waals surface area (Å²) >= 11 is 4.40. The molecular weight excluding hydrogens is 522 g/mol. The predicted octanol–water partition coefficient (Wildman–Crippen LogP) is 6.30. The normalized spacial score (nSPS) is 17.2. The van der Waals surface area contributed by atoms with E-state index < -0.39 is 18.5 Å². The fourth-order valence-electron chi connectivity index (χ4n) is 5.40. The molecule has 1 saturated carbocycles. The highest BCUT2D eigenvalue weighted by Gasteiger charge is 2.41. The number of carbonyl (C=O) groups excluding carboxylic acids is 1. The highest BCUT2D eigenvalue weighted by Crippen LogP contribution is 2.49. The number of rotatable bonds is 7. The number of nitrogens with zero attached hydrogens (tertiary/aromatic N) is 1. The predicted molar refractivity (Wildman–Crippen MR) is 136 cm³/mol. The molecule has 0 radical (unpaired) electrons. The molecule has 1 aliphatic rings. The van der Waals surface area contributed by atoms with Gasteiger partial charge in [-0.05, 0) is 63.7 Å². The van der Waals surface area contributed by atoms with Crippen LogP contribution in [0.1, 0.15) is 63.6 Å². The number of carboxylic acids is 2. The third kappa shape index (κ3) is 5.81. The van der Waals surface area contributed by atoms with Crippen molar-refractivity contribution in [2.45, 2.75) is 59.9 Å². The molecular formula is C25H30BrNO6S. The number of hydrogen-bond acceptors (Lipinski definition) is 5. The molecule has 0 aliphatic heterocycles. The van der Waals surface area contributed by atoms with Crippen LogP contribution < -0.4 is 9.64 Å². The van der Waals surface area contributed by atoms with Crippen LogP contribution in [0.15, 0.2) is 28.7 Å². The van der Waals surface area contributed by atoms with Crippen LogP contribution in [-0.4, -0.2) is 40.7 Å². The molecule has 1 aliphatic carbocycles. The molecule has 34 heavy (non-hydrogen) atoms. The number of aliphatic carboxylic acids is 1. The van der Waals surface area contributed by atoms with E-state index in [2.05, 4.69) is 43.6 Å². The zero-order valence-corrected chi connectivity index (χ0v) is 22.4. The van der Waals surface area contributed by atoms with Crippen molar-refractivity contribution in [2.75, 3.05) is 11.5 Å². The number of benzene rings is 1. The monoisotopic (exact) mass is 551 g/mol. The van der Waals surface area contributed by atoms with E-state index in [-0.39, 0.29) is 33.4 Å². The minimum absolute atomic E-state index is 0.0143. The van der Waals surface area contributed by atoms with Gasteiger partial charge in [-0.2, -0.15) is 0 Å². The van der Waals surface area contributed by atoms with Crippen molar-refractivity contribution in [3.63, 3.8) is 0 Å². The lowest BCUT2D eigenvalue weighted by Gasteiger charge is -2.48. The Morgan fingerprint density at radius 3 is 2.29 bits per heavy atom. The molecule has 3 rings (SSSR count). The van der Waals surface area contributed by atoms with Crippen LogP contribution in [-0.2, 0) is 9.59 Å². The molecule has 2 N–H and O–H groups in total. The topological polar surface area (TPSA) is 104 Å². The van der Waals surface area contributed by atoms with Crippen LogP contribution in [0.25, 0.3) is 10.4 Å². The van der Waals surface area contributed by atoms with E-state index in [1.165, 1.54) is 0 Å². The maximum absolute atomic E-state index is 12.8. The highest BCUT2D eigenvalue weighted by molar-refractivity contribution is 9.10. The Bertz CT molecular complexity index is 1110. The van der Waals surface area contributed by atoms with Gasteiger partial charge in [0.25, 0.3) is 0 Å². The molecule has 1 amide bonds. The van der Waals surface area contributed by atoms with Crippen LogP contribution >= 0.6 is 27.3 Å². The molecule has 1 fully saturated rings. The van der Waals surface area contributed by atoms with Gasteiger partial charge in [0.1, 0.15) is 0 Å². The van der Waals surface area contributed by atoms with Crippen LogP contribution in [0.4, 0.5) is 5.69 Å². The molecule has 1 aromatic carbocycles. The molecule has 0 atom stereocenters. The lowest BCUT2D eigenvalue weighted by molar-refractivity contribution is -0.139. The summed E-state index contributed by atoms with van der Waals surface area (Å²) in [5, 5.41) is 18.6. The van der Waals surface area contributed by atoms with Crippen molar-refractivity contribution in [1.29, 1.82) is 0 Å². The average Bonchev–Trinajstić information content (AvgIpc) is 3.00. The number of carbonyl (C=O) groups is 3. The quantitative estimate of drug-likeness (QED) is 0.418. The summed E-state index contributed by atoms with van der Waals surface area (Å²) in [5.41, 5.74) is 1.65. The first-order chi connectivity index (χ1) is 15.7. The fraction of sp³-hybridized carbons (Fsp3) is 0.480.